The first-order chi connectivity index (χ1) is 10.2. The van der Waals surface area contributed by atoms with Crippen LogP contribution in [-0.4, -0.2) is 31.7 Å². The molecule has 2 N–H and O–H groups in total. The standard InChI is InChI=1S/C12H12F5N5/c13-11(14)2-1-6(12(15,16)17)5-7(11)9-20-21-10-8(18)19-3-4-22(9)10/h3-4,6-7H,1-2,5H2,(H2,18,19)/t6-,7+/m0/s1. The van der Waals surface area contributed by atoms with Crippen molar-refractivity contribution in [3.63, 3.8) is 0 Å². The van der Waals surface area contributed by atoms with Gasteiger partial charge in [-0.15, -0.1) is 10.2 Å². The molecular weight excluding hydrogens is 309 g/mol. The molecule has 0 unspecified atom stereocenters. The van der Waals surface area contributed by atoms with Crippen molar-refractivity contribution in [3.05, 3.63) is 18.2 Å². The molecule has 2 atom stereocenters. The fourth-order valence-corrected chi connectivity index (χ4v) is 2.81. The van der Waals surface area contributed by atoms with E-state index in [0.29, 0.717) is 0 Å². The summed E-state index contributed by atoms with van der Waals surface area (Å²) in [6.45, 7) is 0. The Labute approximate surface area is 121 Å². The third kappa shape index (κ3) is 2.35. The molecule has 22 heavy (non-hydrogen) atoms. The molecule has 0 aliphatic heterocycles. The van der Waals surface area contributed by atoms with Gasteiger partial charge in [-0.3, -0.25) is 4.40 Å². The Hall–Kier alpha value is -2.00. The largest absolute Gasteiger partial charge is 0.391 e. The molecule has 0 amide bonds. The fraction of sp³-hybridized carbons (Fsp3) is 0.583. The number of hydrogen-bond donors (Lipinski definition) is 1. The zero-order valence-electron chi connectivity index (χ0n) is 11.2. The van der Waals surface area contributed by atoms with Crippen molar-refractivity contribution in [3.8, 4) is 0 Å². The van der Waals surface area contributed by atoms with Gasteiger partial charge in [-0.1, -0.05) is 0 Å². The van der Waals surface area contributed by atoms with Crippen molar-refractivity contribution in [1.82, 2.24) is 19.6 Å². The number of alkyl halides is 5. The van der Waals surface area contributed by atoms with Crippen LogP contribution in [0.25, 0.3) is 5.65 Å². The van der Waals surface area contributed by atoms with E-state index in [1.807, 2.05) is 0 Å². The van der Waals surface area contributed by atoms with Crippen LogP contribution in [0.5, 0.6) is 0 Å². The summed E-state index contributed by atoms with van der Waals surface area (Å²) in [5.74, 6) is -6.95. The highest BCUT2D eigenvalue weighted by molar-refractivity contribution is 5.58. The summed E-state index contributed by atoms with van der Waals surface area (Å²) in [5.41, 5.74) is 5.62. The molecule has 1 fully saturated rings. The van der Waals surface area contributed by atoms with Crippen LogP contribution in [0, 0.1) is 5.92 Å². The second kappa shape index (κ2) is 4.75. The number of fused-ring (bicyclic) bond motifs is 1. The van der Waals surface area contributed by atoms with Gasteiger partial charge in [0, 0.05) is 18.8 Å². The smallest absolute Gasteiger partial charge is 0.381 e. The van der Waals surface area contributed by atoms with Crippen molar-refractivity contribution in [2.75, 3.05) is 5.73 Å². The van der Waals surface area contributed by atoms with Gasteiger partial charge in [-0.2, -0.15) is 13.2 Å². The number of anilines is 1. The zero-order chi connectivity index (χ0) is 16.1. The van der Waals surface area contributed by atoms with E-state index in [1.54, 1.807) is 0 Å². The van der Waals surface area contributed by atoms with Crippen LogP contribution in [0.3, 0.4) is 0 Å². The van der Waals surface area contributed by atoms with Gasteiger partial charge in [-0.05, 0) is 12.8 Å². The van der Waals surface area contributed by atoms with Crippen molar-refractivity contribution in [2.45, 2.75) is 37.3 Å². The summed E-state index contributed by atoms with van der Waals surface area (Å²) < 4.78 is 68.0. The molecular formula is C12H12F5N5. The third-order valence-electron chi connectivity index (χ3n) is 4.01. The highest BCUT2D eigenvalue weighted by atomic mass is 19.4. The molecule has 0 saturated heterocycles. The average Bonchev–Trinajstić information content (AvgIpc) is 2.82. The molecule has 1 aliphatic rings. The van der Waals surface area contributed by atoms with Crippen LogP contribution in [0.15, 0.2) is 12.4 Å². The maximum atomic E-state index is 14.1. The van der Waals surface area contributed by atoms with Gasteiger partial charge in [0.15, 0.2) is 5.82 Å². The second-order valence-corrected chi connectivity index (χ2v) is 5.39. The molecule has 120 valence electrons. The number of nitrogens with zero attached hydrogens (tertiary/aromatic N) is 4. The van der Waals surface area contributed by atoms with Crippen molar-refractivity contribution >= 4 is 11.5 Å². The zero-order valence-corrected chi connectivity index (χ0v) is 11.2. The van der Waals surface area contributed by atoms with Crippen molar-refractivity contribution in [2.24, 2.45) is 5.92 Å². The Kier molecular flexibility index (Phi) is 3.22. The number of hydrogen-bond acceptors (Lipinski definition) is 4. The number of nitrogen functional groups attached to an aromatic ring is 1. The lowest BCUT2D eigenvalue weighted by molar-refractivity contribution is -0.201. The predicted molar refractivity (Wildman–Crippen MR) is 66.3 cm³/mol. The molecule has 10 heteroatoms. The molecule has 1 aliphatic carbocycles. The van der Waals surface area contributed by atoms with Gasteiger partial charge in [-0.25, -0.2) is 13.8 Å². The minimum Gasteiger partial charge on any atom is -0.381 e. The van der Waals surface area contributed by atoms with Gasteiger partial charge >= 0.3 is 6.18 Å². The highest BCUT2D eigenvalue weighted by Crippen LogP contribution is 2.50. The SMILES string of the molecule is Nc1nccn2c([C@H]3C[C@@H](C(F)(F)F)CCC3(F)F)nnc12. The Morgan fingerprint density at radius 2 is 2.00 bits per heavy atom. The molecule has 0 bridgehead atoms. The third-order valence-corrected chi connectivity index (χ3v) is 4.01. The first-order valence-electron chi connectivity index (χ1n) is 6.60. The van der Waals surface area contributed by atoms with E-state index in [4.69, 9.17) is 5.73 Å². The lowest BCUT2D eigenvalue weighted by Crippen LogP contribution is -2.39. The van der Waals surface area contributed by atoms with Crippen LogP contribution in [0.4, 0.5) is 27.8 Å². The van der Waals surface area contributed by atoms with E-state index >= 15 is 0 Å². The Balaban J connectivity index is 2.04. The summed E-state index contributed by atoms with van der Waals surface area (Å²) in [6, 6.07) is 0. The molecule has 1 saturated carbocycles. The van der Waals surface area contributed by atoms with E-state index in [2.05, 4.69) is 15.2 Å². The van der Waals surface area contributed by atoms with Gasteiger partial charge in [0.1, 0.15) is 5.82 Å². The minimum absolute atomic E-state index is 0.0206. The van der Waals surface area contributed by atoms with Gasteiger partial charge in [0.2, 0.25) is 5.65 Å². The van der Waals surface area contributed by atoms with Crippen molar-refractivity contribution < 1.29 is 22.0 Å². The average molecular weight is 321 g/mol. The van der Waals surface area contributed by atoms with Crippen LogP contribution in [0.1, 0.15) is 31.0 Å². The summed E-state index contributed by atoms with van der Waals surface area (Å²) in [7, 11) is 0. The number of aromatic nitrogens is 4. The highest BCUT2D eigenvalue weighted by Gasteiger charge is 2.53. The first kappa shape index (κ1) is 14.9. The quantitative estimate of drug-likeness (QED) is 0.820. The molecule has 5 nitrogen and oxygen atoms in total. The molecule has 2 heterocycles. The predicted octanol–water partition coefficient (Wildman–Crippen LogP) is 2.79. The maximum absolute atomic E-state index is 14.1. The second-order valence-electron chi connectivity index (χ2n) is 5.39. The normalized spacial score (nSPS) is 25.5. The van der Waals surface area contributed by atoms with Gasteiger partial charge in [0.25, 0.3) is 5.92 Å². The Morgan fingerprint density at radius 1 is 1.27 bits per heavy atom. The summed E-state index contributed by atoms with van der Waals surface area (Å²) >= 11 is 0. The van der Waals surface area contributed by atoms with E-state index in [9.17, 15) is 22.0 Å². The maximum Gasteiger partial charge on any atom is 0.391 e. The summed E-state index contributed by atoms with van der Waals surface area (Å²) in [4.78, 5) is 3.74. The lowest BCUT2D eigenvalue weighted by atomic mass is 9.78. The minimum atomic E-state index is -4.50. The molecule has 2 aromatic heterocycles. The van der Waals surface area contributed by atoms with E-state index in [0.717, 1.165) is 0 Å². The monoisotopic (exact) mass is 321 g/mol. The number of halogens is 5. The molecule has 0 spiro atoms. The Morgan fingerprint density at radius 3 is 2.68 bits per heavy atom. The van der Waals surface area contributed by atoms with Crippen LogP contribution in [0.2, 0.25) is 0 Å². The lowest BCUT2D eigenvalue weighted by Gasteiger charge is -2.35. The topological polar surface area (TPSA) is 69.1 Å². The van der Waals surface area contributed by atoms with E-state index in [-0.39, 0.29) is 17.3 Å². The van der Waals surface area contributed by atoms with Crippen LogP contribution in [-0.2, 0) is 0 Å². The summed E-state index contributed by atoms with van der Waals surface area (Å²) in [6.07, 6.45) is -4.08. The first-order valence-corrected chi connectivity index (χ1v) is 6.60. The van der Waals surface area contributed by atoms with E-state index < -0.39 is 43.2 Å². The fourth-order valence-electron chi connectivity index (χ4n) is 2.81. The number of nitrogens with two attached hydrogens (primary N) is 1. The molecule has 2 aromatic rings. The van der Waals surface area contributed by atoms with Crippen LogP contribution < -0.4 is 5.73 Å². The summed E-state index contributed by atoms with van der Waals surface area (Å²) in [5, 5.41) is 7.29. The van der Waals surface area contributed by atoms with Gasteiger partial charge < -0.3 is 5.73 Å². The van der Waals surface area contributed by atoms with Crippen molar-refractivity contribution in [1.29, 1.82) is 0 Å². The molecule has 3 rings (SSSR count). The number of rotatable bonds is 1. The molecule has 0 radical (unpaired) electrons. The van der Waals surface area contributed by atoms with Crippen LogP contribution >= 0.6 is 0 Å². The molecule has 0 aromatic carbocycles. The van der Waals surface area contributed by atoms with Gasteiger partial charge in [0.05, 0.1) is 11.8 Å². The van der Waals surface area contributed by atoms with E-state index in [1.165, 1.54) is 16.8 Å². The Bertz CT molecular complexity index is 695.